The lowest BCUT2D eigenvalue weighted by Crippen LogP contribution is -2.54. The number of rotatable bonds is 11. The number of hydrogen-bond acceptors (Lipinski definition) is 7. The zero-order valence-corrected chi connectivity index (χ0v) is 22.2. The zero-order chi connectivity index (χ0) is 27.2. The maximum Gasteiger partial charge on any atom is 0.410 e. The third kappa shape index (κ3) is 7.30. The molecule has 2 aliphatic heterocycles. The monoisotopic (exact) mass is 514 g/mol. The number of carbonyl (C=O) groups is 5. The number of amides is 5. The van der Waals surface area contributed by atoms with Crippen LogP contribution in [0.2, 0.25) is 0 Å². The molecule has 5 amide bonds. The van der Waals surface area contributed by atoms with Gasteiger partial charge in [0.1, 0.15) is 11.6 Å². The van der Waals surface area contributed by atoms with Gasteiger partial charge in [-0.2, -0.15) is 0 Å². The van der Waals surface area contributed by atoms with Gasteiger partial charge in [0.2, 0.25) is 11.8 Å². The Hall–Kier alpha value is -3.43. The Labute approximate surface area is 218 Å². The first-order chi connectivity index (χ1) is 17.5. The average molecular weight is 515 g/mol. The number of benzene rings is 1. The highest BCUT2D eigenvalue weighted by Gasteiger charge is 2.45. The molecule has 0 saturated carbocycles. The summed E-state index contributed by atoms with van der Waals surface area (Å²) in [4.78, 5) is 64.3. The number of piperidine rings is 1. The maximum atomic E-state index is 13.1. The Morgan fingerprint density at radius 3 is 2.41 bits per heavy atom. The number of anilines is 1. The molecule has 0 aromatic heterocycles. The van der Waals surface area contributed by atoms with Gasteiger partial charge in [-0.1, -0.05) is 31.7 Å². The highest BCUT2D eigenvalue weighted by Crippen LogP contribution is 2.32. The molecular formula is C27H38N4O6. The number of ether oxygens (including phenoxy) is 1. The third-order valence-corrected chi connectivity index (χ3v) is 6.41. The molecule has 1 aromatic carbocycles. The van der Waals surface area contributed by atoms with Crippen molar-refractivity contribution in [2.24, 2.45) is 0 Å². The van der Waals surface area contributed by atoms with Crippen LogP contribution in [0, 0.1) is 0 Å². The van der Waals surface area contributed by atoms with Crippen LogP contribution in [0.4, 0.5) is 10.5 Å². The summed E-state index contributed by atoms with van der Waals surface area (Å²) in [5.74, 6) is -2.02. The van der Waals surface area contributed by atoms with E-state index in [1.165, 1.54) is 0 Å². The van der Waals surface area contributed by atoms with Crippen molar-refractivity contribution < 1.29 is 28.7 Å². The number of nitrogens with zero attached hydrogens (tertiary/aromatic N) is 2. The topological polar surface area (TPSA) is 125 Å². The van der Waals surface area contributed by atoms with Gasteiger partial charge in [-0.25, -0.2) is 4.79 Å². The Balaban J connectivity index is 1.39. The second kappa shape index (κ2) is 12.2. The van der Waals surface area contributed by atoms with E-state index in [4.69, 9.17) is 4.74 Å². The molecule has 0 radical (unpaired) electrons. The summed E-state index contributed by atoms with van der Waals surface area (Å²) >= 11 is 0. The van der Waals surface area contributed by atoms with Crippen molar-refractivity contribution >= 4 is 35.4 Å². The first-order valence-electron chi connectivity index (χ1n) is 13.0. The lowest BCUT2D eigenvalue weighted by Gasteiger charge is -2.27. The van der Waals surface area contributed by atoms with Crippen molar-refractivity contribution in [3.63, 3.8) is 0 Å². The van der Waals surface area contributed by atoms with Gasteiger partial charge in [-0.15, -0.1) is 0 Å². The summed E-state index contributed by atoms with van der Waals surface area (Å²) < 4.78 is 5.35. The van der Waals surface area contributed by atoms with E-state index in [1.54, 1.807) is 30.1 Å². The van der Waals surface area contributed by atoms with Gasteiger partial charge in [0.15, 0.2) is 0 Å². The normalized spacial score (nSPS) is 17.5. The van der Waals surface area contributed by atoms with Crippen molar-refractivity contribution in [2.75, 3.05) is 25.5 Å². The first kappa shape index (κ1) is 28.1. The van der Waals surface area contributed by atoms with Gasteiger partial charge in [-0.3, -0.25) is 29.4 Å². The number of imide groups is 2. The molecular weight excluding hydrogens is 476 g/mol. The lowest BCUT2D eigenvalue weighted by molar-refractivity contribution is -0.136. The van der Waals surface area contributed by atoms with Crippen LogP contribution in [0.1, 0.15) is 92.9 Å². The lowest BCUT2D eigenvalue weighted by atomic mass is 10.0. The molecule has 2 heterocycles. The minimum Gasteiger partial charge on any atom is -0.444 e. The number of nitrogens with one attached hydrogen (secondary N) is 2. The standard InChI is InChI=1S/C27H38N4O6/c1-27(2,3)37-26(36)30(4)17-10-8-6-5-7-9-16-28-19-13-11-12-18-22(19)25(35)31(24(18)34)20-14-15-21(32)29-23(20)33/h11-13,20,28H,5-10,14-17H2,1-4H3,(H,29,32,33). The van der Waals surface area contributed by atoms with Gasteiger partial charge < -0.3 is 15.0 Å². The Morgan fingerprint density at radius 2 is 1.73 bits per heavy atom. The largest absolute Gasteiger partial charge is 0.444 e. The fourth-order valence-electron chi connectivity index (χ4n) is 4.50. The molecule has 37 heavy (non-hydrogen) atoms. The molecule has 10 heteroatoms. The Bertz CT molecular complexity index is 1050. The summed E-state index contributed by atoms with van der Waals surface area (Å²) in [5, 5.41) is 5.48. The molecule has 2 N–H and O–H groups in total. The highest BCUT2D eigenvalue weighted by atomic mass is 16.6. The fraction of sp³-hybridized carbons (Fsp3) is 0.593. The molecule has 10 nitrogen and oxygen atoms in total. The van der Waals surface area contributed by atoms with Crippen molar-refractivity contribution in [1.29, 1.82) is 0 Å². The van der Waals surface area contributed by atoms with Crippen molar-refractivity contribution in [3.8, 4) is 0 Å². The predicted octanol–water partition coefficient (Wildman–Crippen LogP) is 3.71. The van der Waals surface area contributed by atoms with Gasteiger partial charge in [-0.05, 0) is 52.2 Å². The van der Waals surface area contributed by atoms with Gasteiger partial charge in [0, 0.05) is 32.2 Å². The second-order valence-corrected chi connectivity index (χ2v) is 10.6. The number of hydrogen-bond donors (Lipinski definition) is 2. The van der Waals surface area contributed by atoms with E-state index in [2.05, 4.69) is 10.6 Å². The SMILES string of the molecule is CN(CCCCCCCCNc1cccc2c1C(=O)N(C1CCC(=O)NC1=O)C2=O)C(=O)OC(C)(C)C. The summed E-state index contributed by atoms with van der Waals surface area (Å²) in [6, 6.07) is 4.10. The van der Waals surface area contributed by atoms with Gasteiger partial charge >= 0.3 is 6.09 Å². The van der Waals surface area contributed by atoms with E-state index >= 15 is 0 Å². The smallest absolute Gasteiger partial charge is 0.410 e. The average Bonchev–Trinajstić information content (AvgIpc) is 3.07. The van der Waals surface area contributed by atoms with E-state index in [9.17, 15) is 24.0 Å². The molecule has 1 atom stereocenters. The molecule has 1 fully saturated rings. The molecule has 202 valence electrons. The van der Waals surface area contributed by atoms with E-state index in [1.807, 2.05) is 20.8 Å². The third-order valence-electron chi connectivity index (χ3n) is 6.41. The first-order valence-corrected chi connectivity index (χ1v) is 13.0. The molecule has 2 aliphatic rings. The molecule has 1 saturated heterocycles. The van der Waals surface area contributed by atoms with Crippen molar-refractivity contribution in [1.82, 2.24) is 15.1 Å². The molecule has 3 rings (SSSR count). The van der Waals surface area contributed by atoms with Crippen LogP contribution in [-0.4, -0.2) is 71.3 Å². The van der Waals surface area contributed by atoms with Crippen LogP contribution in [0.3, 0.4) is 0 Å². The minimum atomic E-state index is -0.970. The number of unbranched alkanes of at least 4 members (excludes halogenated alkanes) is 5. The minimum absolute atomic E-state index is 0.0926. The van der Waals surface area contributed by atoms with Crippen LogP contribution in [0.15, 0.2) is 18.2 Å². The number of carbonyl (C=O) groups excluding carboxylic acids is 5. The van der Waals surface area contributed by atoms with Crippen molar-refractivity contribution in [2.45, 2.75) is 83.8 Å². The Kier molecular flexibility index (Phi) is 9.29. The maximum absolute atomic E-state index is 13.1. The molecule has 0 bridgehead atoms. The van der Waals surface area contributed by atoms with Gasteiger partial charge in [0.05, 0.1) is 11.1 Å². The summed E-state index contributed by atoms with van der Waals surface area (Å²) in [6.07, 6.45) is 5.92. The Morgan fingerprint density at radius 1 is 1.05 bits per heavy atom. The van der Waals surface area contributed by atoms with E-state index < -0.39 is 35.3 Å². The molecule has 0 aliphatic carbocycles. The van der Waals surface area contributed by atoms with Crippen LogP contribution in [-0.2, 0) is 14.3 Å². The van der Waals surface area contributed by atoms with E-state index in [0.717, 1.165) is 43.4 Å². The summed E-state index contributed by atoms with van der Waals surface area (Å²) in [5.41, 5.74) is 0.646. The second-order valence-electron chi connectivity index (χ2n) is 10.6. The van der Waals surface area contributed by atoms with Crippen molar-refractivity contribution in [3.05, 3.63) is 29.3 Å². The summed E-state index contributed by atoms with van der Waals surface area (Å²) in [7, 11) is 1.75. The molecule has 1 aromatic rings. The number of fused-ring (bicyclic) bond motifs is 1. The highest BCUT2D eigenvalue weighted by molar-refractivity contribution is 6.25. The molecule has 0 spiro atoms. The molecule has 1 unspecified atom stereocenters. The zero-order valence-electron chi connectivity index (χ0n) is 22.2. The van der Waals surface area contributed by atoms with Crippen LogP contribution in [0.25, 0.3) is 0 Å². The van der Waals surface area contributed by atoms with Gasteiger partial charge in [0.25, 0.3) is 11.8 Å². The van der Waals surface area contributed by atoms with E-state index in [0.29, 0.717) is 18.8 Å². The summed E-state index contributed by atoms with van der Waals surface area (Å²) in [6.45, 7) is 6.88. The predicted molar refractivity (Wildman–Crippen MR) is 138 cm³/mol. The van der Waals surface area contributed by atoms with E-state index in [-0.39, 0.29) is 30.1 Å². The fourth-order valence-corrected chi connectivity index (χ4v) is 4.50. The van der Waals surface area contributed by atoms with Crippen LogP contribution in [0.5, 0.6) is 0 Å². The quantitative estimate of drug-likeness (QED) is 0.341. The van der Waals surface area contributed by atoms with Crippen LogP contribution < -0.4 is 10.6 Å². The van der Waals surface area contributed by atoms with Crippen LogP contribution >= 0.6 is 0 Å².